The van der Waals surface area contributed by atoms with Crippen LogP contribution in [0, 0.1) is 0 Å². The number of pyridine rings is 2. The van der Waals surface area contributed by atoms with E-state index in [1.54, 1.807) is 41.1 Å². The Morgan fingerprint density at radius 3 is 2.66 bits per heavy atom. The summed E-state index contributed by atoms with van der Waals surface area (Å²) in [5, 5.41) is 2.02. The Balaban J connectivity index is 1.85. The van der Waals surface area contributed by atoms with Crippen LogP contribution in [0.2, 0.25) is 0 Å². The van der Waals surface area contributed by atoms with Crippen LogP contribution >= 0.6 is 23.1 Å². The monoisotopic (exact) mass is 419 g/mol. The number of methoxy groups -OCH3 is 1. The number of aromatic nitrogens is 3. The third-order valence-electron chi connectivity index (χ3n) is 4.56. The van der Waals surface area contributed by atoms with Crippen LogP contribution < -0.4 is 5.56 Å². The summed E-state index contributed by atoms with van der Waals surface area (Å²) in [6.45, 7) is 0. The van der Waals surface area contributed by atoms with Gasteiger partial charge in [-0.25, -0.2) is 14.8 Å². The normalized spacial score (nSPS) is 11.3. The van der Waals surface area contributed by atoms with E-state index in [4.69, 9.17) is 4.74 Å². The van der Waals surface area contributed by atoms with Gasteiger partial charge in [-0.15, -0.1) is 0 Å². The van der Waals surface area contributed by atoms with Gasteiger partial charge in [-0.2, -0.15) is 0 Å². The molecule has 4 heterocycles. The quantitative estimate of drug-likeness (QED) is 0.404. The van der Waals surface area contributed by atoms with E-state index in [2.05, 4.69) is 9.97 Å². The minimum Gasteiger partial charge on any atom is -0.465 e. The van der Waals surface area contributed by atoms with Crippen LogP contribution in [-0.4, -0.2) is 27.4 Å². The highest BCUT2D eigenvalue weighted by Gasteiger charge is 2.21. The topological polar surface area (TPSA) is 73.6 Å². The second-order valence-electron chi connectivity index (χ2n) is 6.20. The average Bonchev–Trinajstić information content (AvgIpc) is 3.07. The molecule has 4 aromatic heterocycles. The molecule has 0 aliphatic rings. The summed E-state index contributed by atoms with van der Waals surface area (Å²) < 4.78 is 6.61. The first-order valence-corrected chi connectivity index (χ1v) is 10.3. The van der Waals surface area contributed by atoms with Crippen molar-refractivity contribution in [3.63, 3.8) is 0 Å². The number of esters is 1. The molecule has 0 unspecified atom stereocenters. The zero-order valence-electron chi connectivity index (χ0n) is 15.2. The molecule has 0 N–H and O–H groups in total. The molecule has 0 saturated carbocycles. The maximum Gasteiger partial charge on any atom is 0.340 e. The summed E-state index contributed by atoms with van der Waals surface area (Å²) in [4.78, 5) is 36.5. The van der Waals surface area contributed by atoms with E-state index < -0.39 is 5.97 Å². The van der Waals surface area contributed by atoms with Crippen molar-refractivity contribution in [2.75, 3.05) is 7.11 Å². The Morgan fingerprint density at radius 2 is 1.79 bits per heavy atom. The lowest BCUT2D eigenvalue weighted by Gasteiger charge is -2.06. The number of ether oxygens (including phenoxy) is 1. The number of benzene rings is 1. The Labute approximate surface area is 172 Å². The number of carbonyl (C=O) groups is 1. The lowest BCUT2D eigenvalue weighted by Crippen LogP contribution is -2.11. The number of carbonyl (C=O) groups excluding carboxylic acids is 1. The molecule has 29 heavy (non-hydrogen) atoms. The molecule has 0 atom stereocenters. The minimum absolute atomic E-state index is 0.112. The molecule has 0 spiro atoms. The zero-order valence-corrected chi connectivity index (χ0v) is 16.8. The maximum absolute atomic E-state index is 13.2. The smallest absolute Gasteiger partial charge is 0.340 e. The number of fused-ring (bicyclic) bond motifs is 4. The molecule has 0 fully saturated rings. The average molecular weight is 419 g/mol. The van der Waals surface area contributed by atoms with Crippen LogP contribution in [0.1, 0.15) is 10.4 Å². The predicted molar refractivity (Wildman–Crippen MR) is 114 cm³/mol. The zero-order chi connectivity index (χ0) is 20.0. The van der Waals surface area contributed by atoms with Gasteiger partial charge in [0, 0.05) is 17.8 Å². The van der Waals surface area contributed by atoms with Crippen LogP contribution in [0.4, 0.5) is 0 Å². The van der Waals surface area contributed by atoms with Gasteiger partial charge < -0.3 is 4.74 Å². The third-order valence-corrected chi connectivity index (χ3v) is 6.92. The molecule has 5 rings (SSSR count). The van der Waals surface area contributed by atoms with Gasteiger partial charge in [0.25, 0.3) is 5.56 Å². The van der Waals surface area contributed by atoms with E-state index >= 15 is 0 Å². The van der Waals surface area contributed by atoms with Crippen molar-refractivity contribution in [2.24, 2.45) is 0 Å². The van der Waals surface area contributed by atoms with E-state index in [9.17, 15) is 9.59 Å². The van der Waals surface area contributed by atoms with Gasteiger partial charge in [0.05, 0.1) is 28.5 Å². The summed E-state index contributed by atoms with van der Waals surface area (Å²) >= 11 is 2.80. The molecule has 0 radical (unpaired) electrons. The number of nitrogens with zero attached hydrogens (tertiary/aromatic N) is 3. The fourth-order valence-corrected chi connectivity index (χ4v) is 5.58. The lowest BCUT2D eigenvalue weighted by molar-refractivity contribution is 0.0596. The van der Waals surface area contributed by atoms with Crippen molar-refractivity contribution in [3.05, 3.63) is 76.8 Å². The van der Waals surface area contributed by atoms with Crippen LogP contribution in [0.5, 0.6) is 0 Å². The fraction of sp³-hybridized carbons (Fsp3) is 0.0476. The predicted octanol–water partition coefficient (Wildman–Crippen LogP) is 4.40. The summed E-state index contributed by atoms with van der Waals surface area (Å²) in [5.41, 5.74) is 1.08. The number of para-hydroxylation sites is 1. The molecule has 0 amide bonds. The number of hydrogen-bond donors (Lipinski definition) is 0. The van der Waals surface area contributed by atoms with E-state index in [1.165, 1.54) is 30.2 Å². The summed E-state index contributed by atoms with van der Waals surface area (Å²) in [7, 11) is 1.34. The van der Waals surface area contributed by atoms with Gasteiger partial charge in [-0.05, 0) is 30.3 Å². The third kappa shape index (κ3) is 2.80. The van der Waals surface area contributed by atoms with E-state index in [0.717, 1.165) is 20.6 Å². The highest BCUT2D eigenvalue weighted by molar-refractivity contribution is 8.00. The van der Waals surface area contributed by atoms with Crippen LogP contribution in [-0.2, 0) is 4.74 Å². The summed E-state index contributed by atoms with van der Waals surface area (Å²) in [6, 6.07) is 14.7. The molecule has 0 saturated heterocycles. The van der Waals surface area contributed by atoms with Crippen LogP contribution in [0.15, 0.2) is 75.6 Å². The largest absolute Gasteiger partial charge is 0.465 e. The van der Waals surface area contributed by atoms with Crippen molar-refractivity contribution in [3.8, 4) is 0 Å². The molecule has 1 aromatic carbocycles. The minimum atomic E-state index is -0.450. The van der Waals surface area contributed by atoms with Crippen molar-refractivity contribution >= 4 is 55.0 Å². The van der Waals surface area contributed by atoms with E-state index in [0.29, 0.717) is 20.8 Å². The second kappa shape index (κ2) is 6.98. The summed E-state index contributed by atoms with van der Waals surface area (Å²) in [5.74, 6) is -0.450. The molecule has 5 aromatic rings. The lowest BCUT2D eigenvalue weighted by atomic mass is 10.2. The van der Waals surface area contributed by atoms with Gasteiger partial charge in [0.1, 0.15) is 14.7 Å². The molecular weight excluding hydrogens is 406 g/mol. The van der Waals surface area contributed by atoms with Gasteiger partial charge in [-0.3, -0.25) is 9.20 Å². The van der Waals surface area contributed by atoms with Gasteiger partial charge in [0.2, 0.25) is 0 Å². The molecular formula is C21H13N3O3S2. The van der Waals surface area contributed by atoms with Crippen LogP contribution in [0.25, 0.3) is 25.9 Å². The number of hydrogen-bond acceptors (Lipinski definition) is 7. The highest BCUT2D eigenvalue weighted by atomic mass is 32.2. The Hall–Kier alpha value is -3.23. The van der Waals surface area contributed by atoms with E-state index in [-0.39, 0.29) is 5.56 Å². The number of rotatable bonds is 3. The SMILES string of the molecule is COC(=O)c1cccnc1Sc1c2ccccc2n2c(=O)c3cccnc3sc12. The fourth-order valence-electron chi connectivity index (χ4n) is 3.26. The first-order valence-electron chi connectivity index (χ1n) is 8.71. The standard InChI is InChI=1S/C21H13N3O3S2/c1-27-21(26)14-8-5-11-23-18(14)28-16-12-6-2-3-9-15(12)24-19(25)13-7-4-10-22-17(13)29-20(16)24/h2-11H,1H3. The second-order valence-corrected chi connectivity index (χ2v) is 8.18. The van der Waals surface area contributed by atoms with Crippen molar-refractivity contribution in [1.82, 2.24) is 14.4 Å². The van der Waals surface area contributed by atoms with Crippen LogP contribution in [0.3, 0.4) is 0 Å². The Morgan fingerprint density at radius 1 is 1.03 bits per heavy atom. The summed E-state index contributed by atoms with van der Waals surface area (Å²) in [6.07, 6.45) is 3.31. The van der Waals surface area contributed by atoms with E-state index in [1.807, 2.05) is 24.3 Å². The maximum atomic E-state index is 13.2. The first kappa shape index (κ1) is 17.8. The Kier molecular flexibility index (Phi) is 4.30. The molecule has 8 heteroatoms. The molecule has 0 aliphatic carbocycles. The van der Waals surface area contributed by atoms with Gasteiger partial charge >= 0.3 is 5.97 Å². The molecule has 0 aliphatic heterocycles. The van der Waals surface area contributed by atoms with Crippen molar-refractivity contribution in [1.29, 1.82) is 0 Å². The molecule has 0 bridgehead atoms. The van der Waals surface area contributed by atoms with Gasteiger partial charge in [-0.1, -0.05) is 41.3 Å². The molecule has 142 valence electrons. The highest BCUT2D eigenvalue weighted by Crippen LogP contribution is 2.41. The molecule has 6 nitrogen and oxygen atoms in total. The van der Waals surface area contributed by atoms with Crippen molar-refractivity contribution in [2.45, 2.75) is 9.92 Å². The van der Waals surface area contributed by atoms with Gasteiger partial charge in [0.15, 0.2) is 0 Å². The first-order chi connectivity index (χ1) is 14.2. The Bertz CT molecular complexity index is 1470. The van der Waals surface area contributed by atoms with Crippen molar-refractivity contribution < 1.29 is 9.53 Å².